The van der Waals surface area contributed by atoms with E-state index in [9.17, 15) is 0 Å². The third-order valence-electron chi connectivity index (χ3n) is 2.96. The van der Waals surface area contributed by atoms with Gasteiger partial charge in [-0.05, 0) is 24.7 Å². The summed E-state index contributed by atoms with van der Waals surface area (Å²) in [6.45, 7) is 10.1. The van der Waals surface area contributed by atoms with Crippen LogP contribution in [0.3, 0.4) is 0 Å². The zero-order chi connectivity index (χ0) is 11.3. The van der Waals surface area contributed by atoms with Crippen LogP contribution in [0.5, 0.6) is 0 Å². The van der Waals surface area contributed by atoms with Gasteiger partial charge in [0.2, 0.25) is 0 Å². The van der Waals surface area contributed by atoms with Crippen LogP contribution in [0.15, 0.2) is 4.99 Å². The molecule has 1 N–H and O–H groups in total. The van der Waals surface area contributed by atoms with Crippen molar-refractivity contribution in [3.8, 4) is 0 Å². The van der Waals surface area contributed by atoms with E-state index in [1.807, 2.05) is 7.05 Å². The lowest BCUT2D eigenvalue weighted by molar-refractivity contribution is 0.272. The molecule has 1 saturated heterocycles. The Balaban J connectivity index is 2.38. The summed E-state index contributed by atoms with van der Waals surface area (Å²) in [5, 5.41) is 3.43. The van der Waals surface area contributed by atoms with Crippen LogP contribution in [0.2, 0.25) is 0 Å². The topological polar surface area (TPSA) is 27.6 Å². The van der Waals surface area contributed by atoms with Gasteiger partial charge in [0, 0.05) is 26.7 Å². The van der Waals surface area contributed by atoms with Crippen LogP contribution in [0, 0.1) is 11.8 Å². The van der Waals surface area contributed by atoms with Crippen molar-refractivity contribution in [1.29, 1.82) is 0 Å². The number of likely N-dealkylation sites (tertiary alicyclic amines) is 1. The molecule has 0 aromatic heterocycles. The van der Waals surface area contributed by atoms with Crippen LogP contribution < -0.4 is 5.32 Å². The molecular weight excluding hydrogens is 186 g/mol. The fourth-order valence-corrected chi connectivity index (χ4v) is 1.85. The van der Waals surface area contributed by atoms with Crippen molar-refractivity contribution >= 4 is 5.96 Å². The van der Waals surface area contributed by atoms with Crippen LogP contribution in [0.1, 0.15) is 33.6 Å². The number of piperidine rings is 1. The van der Waals surface area contributed by atoms with Gasteiger partial charge in [-0.15, -0.1) is 0 Å². The van der Waals surface area contributed by atoms with E-state index >= 15 is 0 Å². The Kier molecular flexibility index (Phi) is 4.92. The lowest BCUT2D eigenvalue weighted by Gasteiger charge is -2.33. The summed E-state index contributed by atoms with van der Waals surface area (Å²) >= 11 is 0. The predicted molar refractivity (Wildman–Crippen MR) is 66.2 cm³/mol. The molecule has 1 fully saturated rings. The van der Waals surface area contributed by atoms with Gasteiger partial charge in [-0.25, -0.2) is 0 Å². The Labute approximate surface area is 94.0 Å². The molecule has 1 heterocycles. The molecule has 15 heavy (non-hydrogen) atoms. The van der Waals surface area contributed by atoms with Crippen molar-refractivity contribution in [2.24, 2.45) is 16.8 Å². The Morgan fingerprint density at radius 2 is 2.00 bits per heavy atom. The molecule has 1 rings (SSSR count). The third-order valence-corrected chi connectivity index (χ3v) is 2.96. The van der Waals surface area contributed by atoms with Crippen LogP contribution in [-0.4, -0.2) is 37.5 Å². The van der Waals surface area contributed by atoms with E-state index in [4.69, 9.17) is 0 Å². The highest BCUT2D eigenvalue weighted by atomic mass is 15.3. The number of hydrogen-bond donors (Lipinski definition) is 1. The van der Waals surface area contributed by atoms with E-state index < -0.39 is 0 Å². The van der Waals surface area contributed by atoms with E-state index in [0.717, 1.165) is 31.5 Å². The highest BCUT2D eigenvalue weighted by Gasteiger charge is 2.18. The molecule has 1 aliphatic heterocycles. The number of rotatable bonds is 2. The summed E-state index contributed by atoms with van der Waals surface area (Å²) in [6, 6.07) is 0. The van der Waals surface area contributed by atoms with Crippen molar-refractivity contribution in [2.75, 3.05) is 26.7 Å². The van der Waals surface area contributed by atoms with E-state index in [1.54, 1.807) is 0 Å². The summed E-state index contributed by atoms with van der Waals surface area (Å²) in [5.74, 6) is 2.63. The zero-order valence-electron chi connectivity index (χ0n) is 10.6. The zero-order valence-corrected chi connectivity index (χ0v) is 10.6. The van der Waals surface area contributed by atoms with Gasteiger partial charge in [-0.1, -0.05) is 20.8 Å². The predicted octanol–water partition coefficient (Wildman–Crippen LogP) is 1.95. The van der Waals surface area contributed by atoms with Gasteiger partial charge in [0.25, 0.3) is 0 Å². The van der Waals surface area contributed by atoms with Crippen molar-refractivity contribution < 1.29 is 0 Å². The monoisotopic (exact) mass is 211 g/mol. The number of nitrogens with one attached hydrogen (secondary N) is 1. The van der Waals surface area contributed by atoms with Gasteiger partial charge >= 0.3 is 0 Å². The third kappa shape index (κ3) is 4.10. The second-order valence-corrected chi connectivity index (χ2v) is 4.99. The van der Waals surface area contributed by atoms with E-state index in [2.05, 4.69) is 36.0 Å². The molecule has 88 valence electrons. The molecule has 0 unspecified atom stereocenters. The first-order valence-corrected chi connectivity index (χ1v) is 6.09. The van der Waals surface area contributed by atoms with Gasteiger partial charge in [-0.2, -0.15) is 0 Å². The first-order valence-electron chi connectivity index (χ1n) is 6.09. The fourth-order valence-electron chi connectivity index (χ4n) is 1.85. The van der Waals surface area contributed by atoms with Crippen molar-refractivity contribution in [1.82, 2.24) is 10.2 Å². The van der Waals surface area contributed by atoms with E-state index in [1.165, 1.54) is 12.8 Å². The molecule has 3 heteroatoms. The Hall–Kier alpha value is -0.730. The van der Waals surface area contributed by atoms with Crippen LogP contribution >= 0.6 is 0 Å². The summed E-state index contributed by atoms with van der Waals surface area (Å²) in [6.07, 6.45) is 2.59. The summed E-state index contributed by atoms with van der Waals surface area (Å²) < 4.78 is 0. The van der Waals surface area contributed by atoms with Crippen LogP contribution in [0.4, 0.5) is 0 Å². The minimum Gasteiger partial charge on any atom is -0.356 e. The average Bonchev–Trinajstić information content (AvgIpc) is 2.21. The molecular formula is C12H25N3. The van der Waals surface area contributed by atoms with Gasteiger partial charge in [0.15, 0.2) is 5.96 Å². The number of hydrogen-bond acceptors (Lipinski definition) is 1. The normalized spacial score (nSPS) is 19.8. The maximum atomic E-state index is 4.34. The second-order valence-electron chi connectivity index (χ2n) is 4.99. The van der Waals surface area contributed by atoms with Crippen LogP contribution in [-0.2, 0) is 0 Å². The molecule has 0 atom stereocenters. The first kappa shape index (κ1) is 12.3. The molecule has 0 amide bonds. The number of guanidine groups is 1. The Morgan fingerprint density at radius 3 is 2.47 bits per heavy atom. The van der Waals surface area contributed by atoms with Crippen molar-refractivity contribution in [3.63, 3.8) is 0 Å². The number of nitrogens with zero attached hydrogens (tertiary/aromatic N) is 2. The molecule has 3 nitrogen and oxygen atoms in total. The SMILES string of the molecule is CN=C(NCC(C)C)N1CCC(C)CC1. The average molecular weight is 211 g/mol. The van der Waals surface area contributed by atoms with Gasteiger partial charge in [0.1, 0.15) is 0 Å². The standard InChI is InChI=1S/C12H25N3/c1-10(2)9-14-12(13-4)15-7-5-11(3)6-8-15/h10-11H,5-9H2,1-4H3,(H,13,14). The van der Waals surface area contributed by atoms with Crippen LogP contribution in [0.25, 0.3) is 0 Å². The second kappa shape index (κ2) is 5.99. The lowest BCUT2D eigenvalue weighted by Crippen LogP contribution is -2.46. The first-order chi connectivity index (χ1) is 7.13. The van der Waals surface area contributed by atoms with Gasteiger partial charge in [-0.3, -0.25) is 4.99 Å². The fraction of sp³-hybridized carbons (Fsp3) is 0.917. The van der Waals surface area contributed by atoms with Crippen molar-refractivity contribution in [3.05, 3.63) is 0 Å². The maximum absolute atomic E-state index is 4.34. The minimum atomic E-state index is 0.672. The Morgan fingerprint density at radius 1 is 1.40 bits per heavy atom. The van der Waals surface area contributed by atoms with Gasteiger partial charge in [0.05, 0.1) is 0 Å². The molecule has 0 aliphatic carbocycles. The van der Waals surface area contributed by atoms with E-state index in [-0.39, 0.29) is 0 Å². The smallest absolute Gasteiger partial charge is 0.193 e. The largest absolute Gasteiger partial charge is 0.356 e. The summed E-state index contributed by atoms with van der Waals surface area (Å²) in [7, 11) is 1.88. The molecule has 0 spiro atoms. The van der Waals surface area contributed by atoms with Gasteiger partial charge < -0.3 is 10.2 Å². The summed E-state index contributed by atoms with van der Waals surface area (Å²) in [5.41, 5.74) is 0. The van der Waals surface area contributed by atoms with E-state index in [0.29, 0.717) is 5.92 Å². The quantitative estimate of drug-likeness (QED) is 0.558. The lowest BCUT2D eigenvalue weighted by atomic mass is 9.99. The molecule has 0 bridgehead atoms. The maximum Gasteiger partial charge on any atom is 0.193 e. The molecule has 0 saturated carbocycles. The highest BCUT2D eigenvalue weighted by Crippen LogP contribution is 2.15. The van der Waals surface area contributed by atoms with Crippen molar-refractivity contribution in [2.45, 2.75) is 33.6 Å². The summed E-state index contributed by atoms with van der Waals surface area (Å²) in [4.78, 5) is 6.72. The minimum absolute atomic E-state index is 0.672. The molecule has 0 aromatic rings. The Bertz CT molecular complexity index is 203. The molecule has 1 aliphatic rings. The highest BCUT2D eigenvalue weighted by molar-refractivity contribution is 5.79. The number of aliphatic imine (C=N–C) groups is 1. The molecule has 0 radical (unpaired) electrons. The molecule has 0 aromatic carbocycles.